The van der Waals surface area contributed by atoms with Gasteiger partial charge in [0, 0.05) is 64.5 Å². The Bertz CT molecular complexity index is 1320. The van der Waals surface area contributed by atoms with E-state index in [9.17, 15) is 19.2 Å². The van der Waals surface area contributed by atoms with Gasteiger partial charge in [0.25, 0.3) is 0 Å². The Balaban J connectivity index is 1.23. The highest BCUT2D eigenvalue weighted by molar-refractivity contribution is 6.00. The van der Waals surface area contributed by atoms with Gasteiger partial charge in [0.1, 0.15) is 11.6 Å². The van der Waals surface area contributed by atoms with Crippen LogP contribution >= 0.6 is 0 Å². The van der Waals surface area contributed by atoms with Crippen LogP contribution in [-0.4, -0.2) is 87.8 Å². The van der Waals surface area contributed by atoms with Crippen molar-refractivity contribution in [2.75, 3.05) is 38.1 Å². The van der Waals surface area contributed by atoms with Crippen molar-refractivity contribution >= 4 is 34.6 Å². The van der Waals surface area contributed by atoms with E-state index in [-0.39, 0.29) is 24.1 Å². The van der Waals surface area contributed by atoms with Gasteiger partial charge in [-0.25, -0.2) is 9.59 Å². The van der Waals surface area contributed by atoms with Crippen molar-refractivity contribution < 1.29 is 19.1 Å². The first-order valence-electron chi connectivity index (χ1n) is 13.4. The van der Waals surface area contributed by atoms with Gasteiger partial charge in [-0.2, -0.15) is 0 Å². The molecule has 3 saturated heterocycles. The largest absolute Gasteiger partial charge is 0.444 e. The summed E-state index contributed by atoms with van der Waals surface area (Å²) >= 11 is 0. The third kappa shape index (κ3) is 4.91. The average Bonchev–Trinajstić information content (AvgIpc) is 3.51. The number of rotatable bonds is 6. The number of aromatic nitrogens is 2. The van der Waals surface area contributed by atoms with Crippen molar-refractivity contribution in [1.29, 1.82) is 0 Å². The number of amides is 3. The van der Waals surface area contributed by atoms with E-state index in [0.717, 1.165) is 43.7 Å². The number of carbonyl (C=O) groups excluding carboxylic acids is 3. The normalized spacial score (nSPS) is 23.8. The molecule has 11 nitrogen and oxygen atoms in total. The van der Waals surface area contributed by atoms with Crippen LogP contribution in [0.15, 0.2) is 23.0 Å². The molecule has 5 rings (SSSR count). The minimum absolute atomic E-state index is 0.224. The Morgan fingerprint density at radius 3 is 2.55 bits per heavy atom. The van der Waals surface area contributed by atoms with Gasteiger partial charge in [-0.15, -0.1) is 0 Å². The number of imide groups is 1. The van der Waals surface area contributed by atoms with Gasteiger partial charge in [-0.1, -0.05) is 0 Å². The molecule has 3 amide bonds. The molecule has 0 saturated carbocycles. The van der Waals surface area contributed by atoms with Crippen molar-refractivity contribution in [2.24, 2.45) is 7.05 Å². The average molecular weight is 527 g/mol. The number of ether oxygens (including phenoxy) is 1. The summed E-state index contributed by atoms with van der Waals surface area (Å²) in [5, 5.41) is 2.36. The molecule has 11 heteroatoms. The zero-order valence-electron chi connectivity index (χ0n) is 22.9. The molecular formula is C27H38N6O5. The van der Waals surface area contributed by atoms with Crippen molar-refractivity contribution in [2.45, 2.75) is 70.2 Å². The smallest absolute Gasteiger partial charge is 0.410 e. The summed E-state index contributed by atoms with van der Waals surface area (Å²) in [6.07, 6.45) is 2.24. The number of nitrogens with zero attached hydrogens (tertiary/aromatic N) is 5. The Morgan fingerprint density at radius 2 is 1.89 bits per heavy atom. The monoisotopic (exact) mass is 526 g/mol. The zero-order chi connectivity index (χ0) is 27.4. The summed E-state index contributed by atoms with van der Waals surface area (Å²) in [7, 11) is 3.51. The lowest BCUT2D eigenvalue weighted by molar-refractivity contribution is -0.135. The number of benzene rings is 1. The summed E-state index contributed by atoms with van der Waals surface area (Å²) in [5.41, 5.74) is 1.81. The van der Waals surface area contributed by atoms with Crippen molar-refractivity contribution in [3.05, 3.63) is 28.7 Å². The van der Waals surface area contributed by atoms with Gasteiger partial charge in [0.15, 0.2) is 0 Å². The van der Waals surface area contributed by atoms with E-state index >= 15 is 0 Å². The predicted molar refractivity (Wildman–Crippen MR) is 143 cm³/mol. The molecule has 0 aliphatic carbocycles. The standard InChI is InChI=1S/C27H38N6O5/c1-27(2,3)38-26(37)29(4)11-6-12-31-15-19-13-18(31)16-32(19)17-7-8-20-22(14-17)30(5)25(36)33(20)21-9-10-23(34)28-24(21)35/h7-8,14,18-19,21H,6,9-13,15-16H2,1-5H3,(H,28,34,35). The number of piperidine rings is 1. The highest BCUT2D eigenvalue weighted by Crippen LogP contribution is 2.36. The number of hydrogen-bond acceptors (Lipinski definition) is 7. The van der Waals surface area contributed by atoms with Gasteiger partial charge in [-0.05, 0) is 58.2 Å². The number of likely N-dealkylation sites (tertiary alicyclic amines) is 1. The van der Waals surface area contributed by atoms with Crippen LogP contribution in [-0.2, 0) is 21.4 Å². The van der Waals surface area contributed by atoms with Crippen molar-refractivity contribution in [3.63, 3.8) is 0 Å². The number of fused-ring (bicyclic) bond motifs is 3. The molecule has 2 bridgehead atoms. The molecule has 3 fully saturated rings. The highest BCUT2D eigenvalue weighted by atomic mass is 16.6. The molecule has 0 spiro atoms. The Labute approximate surface area is 222 Å². The number of nitrogens with one attached hydrogen (secondary N) is 1. The van der Waals surface area contributed by atoms with E-state index in [1.165, 1.54) is 4.57 Å². The number of carbonyl (C=O) groups is 3. The fourth-order valence-electron chi connectivity index (χ4n) is 6.04. The lowest BCUT2D eigenvalue weighted by Crippen LogP contribution is -2.47. The van der Waals surface area contributed by atoms with Crippen LogP contribution in [0.4, 0.5) is 10.5 Å². The van der Waals surface area contributed by atoms with E-state index in [4.69, 9.17) is 4.74 Å². The lowest BCUT2D eigenvalue weighted by atomic mass is 10.1. The zero-order valence-corrected chi connectivity index (χ0v) is 22.9. The maximum absolute atomic E-state index is 13.1. The minimum atomic E-state index is -0.680. The molecule has 4 heterocycles. The second kappa shape index (κ2) is 9.76. The van der Waals surface area contributed by atoms with Crippen LogP contribution in [0.1, 0.15) is 52.5 Å². The maximum atomic E-state index is 13.1. The summed E-state index contributed by atoms with van der Waals surface area (Å²) in [6.45, 7) is 9.09. The molecule has 38 heavy (non-hydrogen) atoms. The highest BCUT2D eigenvalue weighted by Gasteiger charge is 2.43. The second-order valence-electron chi connectivity index (χ2n) is 11.8. The SMILES string of the molecule is CN(CCCN1CC2CC1CN2c1ccc2c(c1)n(C)c(=O)n2C1CCC(=O)NC1=O)C(=O)OC(C)(C)C. The topological polar surface area (TPSA) is 109 Å². The number of imidazole rings is 1. The van der Waals surface area contributed by atoms with Gasteiger partial charge in [-0.3, -0.25) is 28.9 Å². The van der Waals surface area contributed by atoms with Gasteiger partial charge < -0.3 is 14.5 Å². The molecule has 2 aromatic rings. The van der Waals surface area contributed by atoms with Crippen LogP contribution < -0.4 is 15.9 Å². The quantitative estimate of drug-likeness (QED) is 0.572. The van der Waals surface area contributed by atoms with Crippen molar-refractivity contribution in [3.8, 4) is 0 Å². The molecule has 1 aromatic heterocycles. The molecular weight excluding hydrogens is 488 g/mol. The molecule has 1 aromatic carbocycles. The summed E-state index contributed by atoms with van der Waals surface area (Å²) in [5.74, 6) is -0.718. The lowest BCUT2D eigenvalue weighted by Gasteiger charge is -2.36. The van der Waals surface area contributed by atoms with Crippen molar-refractivity contribution in [1.82, 2.24) is 24.3 Å². The molecule has 0 radical (unpaired) electrons. The third-order valence-electron chi connectivity index (χ3n) is 7.92. The van der Waals surface area contributed by atoms with E-state index in [2.05, 4.69) is 15.1 Å². The van der Waals surface area contributed by atoms with Gasteiger partial charge in [0.05, 0.1) is 11.0 Å². The molecule has 3 unspecified atom stereocenters. The number of piperazine rings is 1. The Hall–Kier alpha value is -3.34. The van der Waals surface area contributed by atoms with Gasteiger partial charge in [0.2, 0.25) is 11.8 Å². The molecule has 206 valence electrons. The summed E-state index contributed by atoms with van der Waals surface area (Å²) in [6, 6.07) is 6.17. The first-order chi connectivity index (χ1) is 17.9. The summed E-state index contributed by atoms with van der Waals surface area (Å²) in [4.78, 5) is 55.9. The number of hydrogen-bond donors (Lipinski definition) is 1. The first kappa shape index (κ1) is 26.3. The van der Waals surface area contributed by atoms with Crippen LogP contribution in [0.5, 0.6) is 0 Å². The van der Waals surface area contributed by atoms with Crippen LogP contribution in [0, 0.1) is 0 Å². The number of anilines is 1. The third-order valence-corrected chi connectivity index (χ3v) is 7.92. The van der Waals surface area contributed by atoms with E-state index < -0.39 is 17.6 Å². The molecule has 3 aliphatic heterocycles. The number of aryl methyl sites for hydroxylation is 1. The van der Waals surface area contributed by atoms with E-state index in [1.807, 2.05) is 39.0 Å². The van der Waals surface area contributed by atoms with Crippen LogP contribution in [0.2, 0.25) is 0 Å². The fraction of sp³-hybridized carbons (Fsp3) is 0.630. The Kier molecular flexibility index (Phi) is 6.75. The van der Waals surface area contributed by atoms with E-state index in [1.54, 1.807) is 23.6 Å². The second-order valence-corrected chi connectivity index (χ2v) is 11.8. The molecule has 3 atom stereocenters. The minimum Gasteiger partial charge on any atom is -0.444 e. The molecule has 3 aliphatic rings. The summed E-state index contributed by atoms with van der Waals surface area (Å²) < 4.78 is 8.55. The Morgan fingerprint density at radius 1 is 1.13 bits per heavy atom. The first-order valence-corrected chi connectivity index (χ1v) is 13.4. The van der Waals surface area contributed by atoms with Gasteiger partial charge >= 0.3 is 11.8 Å². The van der Waals surface area contributed by atoms with E-state index in [0.29, 0.717) is 30.6 Å². The predicted octanol–water partition coefficient (Wildman–Crippen LogP) is 1.84. The van der Waals surface area contributed by atoms with Crippen LogP contribution in [0.25, 0.3) is 11.0 Å². The maximum Gasteiger partial charge on any atom is 0.410 e. The molecule has 1 N–H and O–H groups in total. The van der Waals surface area contributed by atoms with Crippen LogP contribution in [0.3, 0.4) is 0 Å². The fourth-order valence-corrected chi connectivity index (χ4v) is 6.04.